The maximum Gasteiger partial charge on any atom is 0.407 e. The van der Waals surface area contributed by atoms with Crippen LogP contribution in [0.3, 0.4) is 0 Å². The lowest BCUT2D eigenvalue weighted by Gasteiger charge is -2.42. The van der Waals surface area contributed by atoms with Gasteiger partial charge in [0.2, 0.25) is 0 Å². The fourth-order valence-electron chi connectivity index (χ4n) is 3.81. The summed E-state index contributed by atoms with van der Waals surface area (Å²) in [6.07, 6.45) is -0.968. The van der Waals surface area contributed by atoms with Crippen molar-refractivity contribution in [3.05, 3.63) is 35.9 Å². The van der Waals surface area contributed by atoms with E-state index in [0.29, 0.717) is 26.1 Å². The molecule has 6 atom stereocenters. The SMILES string of the molecule is CCCCNC(=O)O[C@H]1[C@H](OCc2ccccc2)[C@H]2OC(CN)C[C@H]2O[C@@H]1CO. The predicted molar refractivity (Wildman–Crippen MR) is 106 cm³/mol. The van der Waals surface area contributed by atoms with Gasteiger partial charge in [-0.2, -0.15) is 0 Å². The molecule has 8 nitrogen and oxygen atoms in total. The lowest BCUT2D eigenvalue weighted by molar-refractivity contribution is -0.233. The van der Waals surface area contributed by atoms with Crippen LogP contribution in [0.25, 0.3) is 0 Å². The second kappa shape index (κ2) is 10.9. The maximum absolute atomic E-state index is 12.3. The van der Waals surface area contributed by atoms with Crippen LogP contribution in [0.4, 0.5) is 4.79 Å². The number of nitrogens with two attached hydrogens (primary N) is 1. The van der Waals surface area contributed by atoms with Crippen molar-refractivity contribution >= 4 is 6.09 Å². The number of hydrogen-bond donors (Lipinski definition) is 3. The Bertz CT molecular complexity index is 631. The topological polar surface area (TPSA) is 112 Å². The fraction of sp³-hybridized carbons (Fsp3) is 0.667. The molecule has 0 radical (unpaired) electrons. The van der Waals surface area contributed by atoms with Crippen LogP contribution >= 0.6 is 0 Å². The molecule has 162 valence electrons. The van der Waals surface area contributed by atoms with Gasteiger partial charge >= 0.3 is 6.09 Å². The molecular weight excluding hydrogens is 376 g/mol. The minimum absolute atomic E-state index is 0.149. The molecule has 29 heavy (non-hydrogen) atoms. The molecule has 8 heteroatoms. The molecule has 0 bridgehead atoms. The van der Waals surface area contributed by atoms with Gasteiger partial charge in [-0.15, -0.1) is 0 Å². The normalized spacial score (nSPS) is 31.3. The number of hydrogen-bond acceptors (Lipinski definition) is 7. The lowest BCUT2D eigenvalue weighted by Crippen LogP contribution is -2.60. The molecule has 1 aromatic carbocycles. The van der Waals surface area contributed by atoms with Crippen LogP contribution < -0.4 is 11.1 Å². The summed E-state index contributed by atoms with van der Waals surface area (Å²) in [6.45, 7) is 2.99. The summed E-state index contributed by atoms with van der Waals surface area (Å²) >= 11 is 0. The van der Waals surface area contributed by atoms with E-state index < -0.39 is 30.5 Å². The highest BCUT2D eigenvalue weighted by Crippen LogP contribution is 2.36. The molecule has 2 heterocycles. The third kappa shape index (κ3) is 5.67. The van der Waals surface area contributed by atoms with Gasteiger partial charge in [-0.1, -0.05) is 43.7 Å². The zero-order valence-corrected chi connectivity index (χ0v) is 16.9. The van der Waals surface area contributed by atoms with Gasteiger partial charge in [0, 0.05) is 19.5 Å². The summed E-state index contributed by atoms with van der Waals surface area (Å²) in [7, 11) is 0. The van der Waals surface area contributed by atoms with Gasteiger partial charge < -0.3 is 35.1 Å². The van der Waals surface area contributed by atoms with Crippen molar-refractivity contribution in [2.24, 2.45) is 5.73 Å². The number of aliphatic hydroxyl groups is 1. The highest BCUT2D eigenvalue weighted by Gasteiger charge is 2.53. The smallest absolute Gasteiger partial charge is 0.407 e. The Balaban J connectivity index is 1.73. The first-order valence-corrected chi connectivity index (χ1v) is 10.4. The monoisotopic (exact) mass is 408 g/mol. The number of benzene rings is 1. The summed E-state index contributed by atoms with van der Waals surface area (Å²) in [6, 6.07) is 9.74. The Morgan fingerprint density at radius 1 is 1.28 bits per heavy atom. The van der Waals surface area contributed by atoms with Gasteiger partial charge in [0.15, 0.2) is 6.10 Å². The average molecular weight is 408 g/mol. The van der Waals surface area contributed by atoms with E-state index >= 15 is 0 Å². The summed E-state index contributed by atoms with van der Waals surface area (Å²) in [5.74, 6) is 0. The average Bonchev–Trinajstić information content (AvgIpc) is 3.16. The molecule has 0 spiro atoms. The number of carbonyl (C=O) groups excluding carboxylic acids is 1. The Morgan fingerprint density at radius 2 is 2.07 bits per heavy atom. The Hall–Kier alpha value is -1.71. The van der Waals surface area contributed by atoms with Gasteiger partial charge in [-0.25, -0.2) is 4.79 Å². The van der Waals surface area contributed by atoms with Crippen LogP contribution in [0, 0.1) is 0 Å². The van der Waals surface area contributed by atoms with Crippen LogP contribution in [0.15, 0.2) is 30.3 Å². The van der Waals surface area contributed by atoms with E-state index in [1.165, 1.54) is 0 Å². The quantitative estimate of drug-likeness (QED) is 0.529. The summed E-state index contributed by atoms with van der Waals surface area (Å²) in [4.78, 5) is 12.3. The minimum atomic E-state index is -0.789. The first-order chi connectivity index (χ1) is 14.2. The zero-order valence-electron chi connectivity index (χ0n) is 16.9. The maximum atomic E-state index is 12.3. The van der Waals surface area contributed by atoms with Gasteiger partial charge in [0.05, 0.1) is 25.4 Å². The molecule has 1 unspecified atom stereocenters. The van der Waals surface area contributed by atoms with E-state index in [1.54, 1.807) is 0 Å². The fourth-order valence-corrected chi connectivity index (χ4v) is 3.81. The first kappa shape index (κ1) is 22.0. The molecule has 0 aliphatic carbocycles. The molecule has 1 aromatic rings. The first-order valence-electron chi connectivity index (χ1n) is 10.4. The third-order valence-corrected chi connectivity index (χ3v) is 5.35. The number of aliphatic hydroxyl groups excluding tert-OH is 1. The van der Waals surface area contributed by atoms with Crippen molar-refractivity contribution in [1.29, 1.82) is 0 Å². The minimum Gasteiger partial charge on any atom is -0.440 e. The van der Waals surface area contributed by atoms with Crippen LogP contribution in [-0.4, -0.2) is 67.5 Å². The van der Waals surface area contributed by atoms with Gasteiger partial charge in [-0.05, 0) is 12.0 Å². The second-order valence-corrected chi connectivity index (χ2v) is 7.50. The number of unbranched alkanes of at least 4 members (excludes halogenated alkanes) is 1. The predicted octanol–water partition coefficient (Wildman–Crippen LogP) is 1.34. The highest BCUT2D eigenvalue weighted by atomic mass is 16.6. The molecule has 4 N–H and O–H groups in total. The van der Waals surface area contributed by atoms with E-state index in [9.17, 15) is 9.90 Å². The lowest BCUT2D eigenvalue weighted by atomic mass is 9.94. The van der Waals surface area contributed by atoms with Crippen molar-refractivity contribution < 1.29 is 28.8 Å². The molecule has 2 aliphatic heterocycles. The molecule has 0 aromatic heterocycles. The van der Waals surface area contributed by atoms with E-state index in [2.05, 4.69) is 5.32 Å². The number of fused-ring (bicyclic) bond motifs is 1. The molecule has 2 saturated heterocycles. The third-order valence-electron chi connectivity index (χ3n) is 5.35. The second-order valence-electron chi connectivity index (χ2n) is 7.50. The number of carbonyl (C=O) groups is 1. The number of alkyl carbamates (subject to hydrolysis) is 1. The van der Waals surface area contributed by atoms with Crippen LogP contribution in [0.2, 0.25) is 0 Å². The van der Waals surface area contributed by atoms with E-state index in [-0.39, 0.29) is 18.8 Å². The van der Waals surface area contributed by atoms with Crippen molar-refractivity contribution in [2.75, 3.05) is 19.7 Å². The summed E-state index contributed by atoms with van der Waals surface area (Å²) in [5, 5.41) is 12.6. The van der Waals surface area contributed by atoms with Crippen molar-refractivity contribution in [1.82, 2.24) is 5.32 Å². The highest BCUT2D eigenvalue weighted by molar-refractivity contribution is 5.67. The number of nitrogens with one attached hydrogen (secondary N) is 1. The van der Waals surface area contributed by atoms with Crippen molar-refractivity contribution in [3.8, 4) is 0 Å². The van der Waals surface area contributed by atoms with E-state index in [4.69, 9.17) is 24.7 Å². The molecule has 2 aliphatic rings. The molecule has 0 saturated carbocycles. The Kier molecular flexibility index (Phi) is 8.26. The molecular formula is C21H32N2O6. The van der Waals surface area contributed by atoms with Gasteiger partial charge in [0.25, 0.3) is 0 Å². The van der Waals surface area contributed by atoms with Crippen LogP contribution in [0.1, 0.15) is 31.7 Å². The van der Waals surface area contributed by atoms with E-state index in [1.807, 2.05) is 37.3 Å². The Morgan fingerprint density at radius 3 is 2.76 bits per heavy atom. The van der Waals surface area contributed by atoms with Crippen LogP contribution in [0.5, 0.6) is 0 Å². The van der Waals surface area contributed by atoms with Crippen molar-refractivity contribution in [3.63, 3.8) is 0 Å². The number of ether oxygens (including phenoxy) is 4. The zero-order chi connectivity index (χ0) is 20.6. The van der Waals surface area contributed by atoms with Crippen LogP contribution in [-0.2, 0) is 25.6 Å². The largest absolute Gasteiger partial charge is 0.440 e. The van der Waals surface area contributed by atoms with Gasteiger partial charge in [-0.3, -0.25) is 0 Å². The van der Waals surface area contributed by atoms with Gasteiger partial charge in [0.1, 0.15) is 18.3 Å². The molecule has 1 amide bonds. The summed E-state index contributed by atoms with van der Waals surface area (Å²) < 4.78 is 23.9. The number of rotatable bonds is 9. The number of amides is 1. The standard InChI is InChI=1S/C21H32N2O6/c1-2-3-9-23-21(25)29-19-17(12-24)28-16-10-15(11-22)27-18(16)20(19)26-13-14-7-5-4-6-8-14/h4-8,15-20,24H,2-3,9-13,22H2,1H3,(H,23,25)/t15?,16-,17-,18+,19-,20-/m1/s1. The van der Waals surface area contributed by atoms with E-state index in [0.717, 1.165) is 18.4 Å². The molecule has 2 fully saturated rings. The van der Waals surface area contributed by atoms with Crippen molar-refractivity contribution in [2.45, 2.75) is 69.4 Å². The Labute approximate surface area is 171 Å². The summed E-state index contributed by atoms with van der Waals surface area (Å²) in [5.41, 5.74) is 6.78. The molecule has 3 rings (SSSR count).